The highest BCUT2D eigenvalue weighted by atomic mass is 16.5. The Kier molecular flexibility index (Phi) is 4.30. The third kappa shape index (κ3) is 3.18. The number of anilines is 1. The van der Waals surface area contributed by atoms with Crippen LogP contribution in [-0.4, -0.2) is 46.6 Å². The topological polar surface area (TPSA) is 71.8 Å². The van der Waals surface area contributed by atoms with Crippen molar-refractivity contribution < 1.29 is 9.53 Å². The van der Waals surface area contributed by atoms with Gasteiger partial charge in [0, 0.05) is 38.2 Å². The van der Waals surface area contributed by atoms with Crippen molar-refractivity contribution in [2.24, 2.45) is 0 Å². The monoisotopic (exact) mass is 337 g/mol. The number of nitrogens with zero attached hydrogens (tertiary/aromatic N) is 4. The van der Waals surface area contributed by atoms with Gasteiger partial charge in [0.25, 0.3) is 5.91 Å². The van der Waals surface area contributed by atoms with Gasteiger partial charge in [0.15, 0.2) is 5.69 Å². The van der Waals surface area contributed by atoms with E-state index in [2.05, 4.69) is 20.2 Å². The van der Waals surface area contributed by atoms with Gasteiger partial charge in [0.2, 0.25) is 5.95 Å². The van der Waals surface area contributed by atoms with Crippen molar-refractivity contribution in [2.75, 3.05) is 31.2 Å². The smallest absolute Gasteiger partial charge is 0.272 e. The second-order valence-corrected chi connectivity index (χ2v) is 5.85. The van der Waals surface area contributed by atoms with Gasteiger partial charge in [-0.05, 0) is 29.8 Å². The summed E-state index contributed by atoms with van der Waals surface area (Å²) in [6, 6.07) is 9.53. The van der Waals surface area contributed by atoms with Crippen LogP contribution in [0.15, 0.2) is 48.9 Å². The summed E-state index contributed by atoms with van der Waals surface area (Å²) in [5.74, 6) is 0.605. The number of pyridine rings is 2. The predicted molar refractivity (Wildman–Crippen MR) is 93.6 cm³/mol. The van der Waals surface area contributed by atoms with Crippen LogP contribution in [0.25, 0.3) is 5.52 Å². The van der Waals surface area contributed by atoms with E-state index >= 15 is 0 Å². The van der Waals surface area contributed by atoms with Crippen LogP contribution in [0.1, 0.15) is 16.1 Å². The number of fused-ring (bicyclic) bond motifs is 1. The minimum atomic E-state index is -0.181. The summed E-state index contributed by atoms with van der Waals surface area (Å²) >= 11 is 0. The first kappa shape index (κ1) is 15.6. The summed E-state index contributed by atoms with van der Waals surface area (Å²) in [7, 11) is 0. The van der Waals surface area contributed by atoms with E-state index in [-0.39, 0.29) is 5.91 Å². The highest BCUT2D eigenvalue weighted by Crippen LogP contribution is 2.21. The molecule has 0 aliphatic carbocycles. The van der Waals surface area contributed by atoms with Gasteiger partial charge in [0.1, 0.15) is 0 Å². The number of imidazole rings is 1. The standard InChI is InChI=1S/C18H19N5O2/c24-17(20-13-14-4-6-19-7-5-14)16-15-3-1-2-8-23(15)18(21-16)22-9-11-25-12-10-22/h1-8H,9-13H2,(H,20,24). The van der Waals surface area contributed by atoms with Gasteiger partial charge in [0.05, 0.1) is 18.7 Å². The van der Waals surface area contributed by atoms with E-state index in [0.29, 0.717) is 25.5 Å². The number of hydrogen-bond acceptors (Lipinski definition) is 5. The van der Waals surface area contributed by atoms with Crippen LogP contribution in [0, 0.1) is 0 Å². The van der Waals surface area contributed by atoms with Crippen LogP contribution in [0.5, 0.6) is 0 Å². The molecule has 0 unspecified atom stereocenters. The number of nitrogens with one attached hydrogen (secondary N) is 1. The van der Waals surface area contributed by atoms with E-state index in [9.17, 15) is 4.79 Å². The quantitative estimate of drug-likeness (QED) is 0.781. The van der Waals surface area contributed by atoms with Crippen molar-refractivity contribution in [3.05, 3.63) is 60.2 Å². The molecule has 0 atom stereocenters. The van der Waals surface area contributed by atoms with Gasteiger partial charge in [-0.15, -0.1) is 0 Å². The Labute approximate surface area is 145 Å². The predicted octanol–water partition coefficient (Wildman–Crippen LogP) is 1.50. The first-order chi connectivity index (χ1) is 12.3. The van der Waals surface area contributed by atoms with Crippen molar-refractivity contribution in [1.82, 2.24) is 19.7 Å². The average molecular weight is 337 g/mol. The van der Waals surface area contributed by atoms with Crippen LogP contribution in [0.4, 0.5) is 5.95 Å². The molecule has 128 valence electrons. The third-order valence-electron chi connectivity index (χ3n) is 4.24. The fourth-order valence-corrected chi connectivity index (χ4v) is 2.94. The summed E-state index contributed by atoms with van der Waals surface area (Å²) in [5, 5.41) is 2.94. The molecule has 7 nitrogen and oxygen atoms in total. The summed E-state index contributed by atoms with van der Waals surface area (Å²) < 4.78 is 7.38. The van der Waals surface area contributed by atoms with E-state index in [1.54, 1.807) is 12.4 Å². The fraction of sp³-hybridized carbons (Fsp3) is 0.278. The zero-order valence-electron chi connectivity index (χ0n) is 13.8. The molecule has 0 aromatic carbocycles. The number of carbonyl (C=O) groups is 1. The molecule has 3 aromatic heterocycles. The number of hydrogen-bond donors (Lipinski definition) is 1. The van der Waals surface area contributed by atoms with E-state index in [0.717, 1.165) is 30.1 Å². The maximum Gasteiger partial charge on any atom is 0.272 e. The van der Waals surface area contributed by atoms with Crippen LogP contribution in [0.2, 0.25) is 0 Å². The summed E-state index contributed by atoms with van der Waals surface area (Å²) in [6.07, 6.45) is 5.36. The Morgan fingerprint density at radius 3 is 2.76 bits per heavy atom. The molecule has 4 rings (SSSR count). The Hall–Kier alpha value is -2.93. The Bertz CT molecular complexity index is 872. The number of amides is 1. The average Bonchev–Trinajstić information content (AvgIpc) is 3.07. The Balaban J connectivity index is 1.61. The molecule has 7 heteroatoms. The number of rotatable bonds is 4. The van der Waals surface area contributed by atoms with Gasteiger partial charge < -0.3 is 15.0 Å². The number of morpholine rings is 1. The van der Waals surface area contributed by atoms with Gasteiger partial charge in [-0.3, -0.25) is 14.2 Å². The first-order valence-corrected chi connectivity index (χ1v) is 8.30. The molecular formula is C18H19N5O2. The summed E-state index contributed by atoms with van der Waals surface area (Å²) in [4.78, 5) is 23.4. The van der Waals surface area contributed by atoms with Gasteiger partial charge in [-0.2, -0.15) is 0 Å². The van der Waals surface area contributed by atoms with Crippen molar-refractivity contribution in [1.29, 1.82) is 0 Å². The number of carbonyl (C=O) groups excluding carboxylic acids is 1. The van der Waals surface area contributed by atoms with Crippen LogP contribution >= 0.6 is 0 Å². The second-order valence-electron chi connectivity index (χ2n) is 5.85. The molecule has 4 heterocycles. The van der Waals surface area contributed by atoms with Crippen LogP contribution in [0.3, 0.4) is 0 Å². The molecule has 1 saturated heterocycles. The lowest BCUT2D eigenvalue weighted by Gasteiger charge is -2.27. The zero-order chi connectivity index (χ0) is 17.1. The van der Waals surface area contributed by atoms with Crippen molar-refractivity contribution in [3.8, 4) is 0 Å². The maximum atomic E-state index is 12.7. The van der Waals surface area contributed by atoms with Gasteiger partial charge in [-0.1, -0.05) is 6.07 Å². The lowest BCUT2D eigenvalue weighted by atomic mass is 10.2. The van der Waals surface area contributed by atoms with E-state index in [4.69, 9.17) is 4.74 Å². The largest absolute Gasteiger partial charge is 0.378 e. The fourth-order valence-electron chi connectivity index (χ4n) is 2.94. The SMILES string of the molecule is O=C(NCc1ccncc1)c1nc(N2CCOCC2)n2ccccc12. The molecular weight excluding hydrogens is 318 g/mol. The van der Waals surface area contributed by atoms with Crippen molar-refractivity contribution >= 4 is 17.4 Å². The summed E-state index contributed by atoms with van der Waals surface area (Å²) in [5.41, 5.74) is 2.24. The van der Waals surface area contributed by atoms with Crippen LogP contribution in [-0.2, 0) is 11.3 Å². The zero-order valence-corrected chi connectivity index (χ0v) is 13.8. The minimum Gasteiger partial charge on any atom is -0.378 e. The lowest BCUT2D eigenvalue weighted by Crippen LogP contribution is -2.37. The normalized spacial score (nSPS) is 14.6. The molecule has 0 saturated carbocycles. The second kappa shape index (κ2) is 6.90. The maximum absolute atomic E-state index is 12.7. The minimum absolute atomic E-state index is 0.181. The molecule has 0 bridgehead atoms. The Morgan fingerprint density at radius 1 is 1.16 bits per heavy atom. The van der Waals surface area contributed by atoms with Gasteiger partial charge in [-0.25, -0.2) is 4.98 Å². The van der Waals surface area contributed by atoms with Crippen molar-refractivity contribution in [3.63, 3.8) is 0 Å². The van der Waals surface area contributed by atoms with E-state index in [1.165, 1.54) is 0 Å². The Morgan fingerprint density at radius 2 is 1.96 bits per heavy atom. The van der Waals surface area contributed by atoms with Gasteiger partial charge >= 0.3 is 0 Å². The molecule has 1 aliphatic rings. The van der Waals surface area contributed by atoms with Crippen LogP contribution < -0.4 is 10.2 Å². The molecule has 0 radical (unpaired) electrons. The molecule has 1 amide bonds. The lowest BCUT2D eigenvalue weighted by molar-refractivity contribution is 0.0948. The van der Waals surface area contributed by atoms with Crippen molar-refractivity contribution in [2.45, 2.75) is 6.54 Å². The first-order valence-electron chi connectivity index (χ1n) is 8.30. The summed E-state index contributed by atoms with van der Waals surface area (Å²) in [6.45, 7) is 3.33. The molecule has 1 fully saturated rings. The highest BCUT2D eigenvalue weighted by Gasteiger charge is 2.22. The van der Waals surface area contributed by atoms with E-state index in [1.807, 2.05) is 40.9 Å². The molecule has 25 heavy (non-hydrogen) atoms. The molecule has 1 aliphatic heterocycles. The molecule has 1 N–H and O–H groups in total. The van der Waals surface area contributed by atoms with E-state index < -0.39 is 0 Å². The molecule has 0 spiro atoms. The highest BCUT2D eigenvalue weighted by molar-refractivity contribution is 5.99. The molecule has 3 aromatic rings. The number of ether oxygens (including phenoxy) is 1. The third-order valence-corrected chi connectivity index (χ3v) is 4.24. The number of aromatic nitrogens is 3.